The molecule has 1 unspecified atom stereocenters. The Bertz CT molecular complexity index is 651. The van der Waals surface area contributed by atoms with Gasteiger partial charge in [0.05, 0.1) is 0 Å². The van der Waals surface area contributed by atoms with Crippen LogP contribution in [0.4, 0.5) is 5.69 Å². The van der Waals surface area contributed by atoms with Crippen molar-refractivity contribution in [3.05, 3.63) is 41.5 Å². The fraction of sp³-hybridized carbons (Fsp3) is 0.400. The van der Waals surface area contributed by atoms with Crippen molar-refractivity contribution in [2.75, 3.05) is 11.4 Å². The zero-order chi connectivity index (χ0) is 14.8. The van der Waals surface area contributed by atoms with Crippen molar-refractivity contribution in [2.45, 2.75) is 32.9 Å². The molecule has 0 radical (unpaired) electrons. The number of carbonyl (C=O) groups excluding carboxylic acids is 1. The second-order valence-corrected chi connectivity index (χ2v) is 5.29. The molecule has 1 aromatic carbocycles. The van der Waals surface area contributed by atoms with Gasteiger partial charge in [-0.2, -0.15) is 0 Å². The number of carbonyl (C=O) groups is 1. The second kappa shape index (κ2) is 5.65. The van der Waals surface area contributed by atoms with Crippen LogP contribution in [-0.2, 0) is 13.0 Å². The highest BCUT2D eigenvalue weighted by molar-refractivity contribution is 6.04. The summed E-state index contributed by atoms with van der Waals surface area (Å²) >= 11 is 0. The zero-order valence-corrected chi connectivity index (χ0v) is 12.3. The number of aryl methyl sites for hydroxylation is 1. The molecule has 3 rings (SSSR count). The Balaban J connectivity index is 1.97. The molecule has 1 aliphatic heterocycles. The van der Waals surface area contributed by atoms with Gasteiger partial charge >= 0.3 is 0 Å². The highest BCUT2D eigenvalue weighted by atomic mass is 16.2. The van der Waals surface area contributed by atoms with Gasteiger partial charge in [-0.1, -0.05) is 25.1 Å². The number of anilines is 1. The number of hydrogen-bond donors (Lipinski definition) is 2. The van der Waals surface area contributed by atoms with Gasteiger partial charge in [0.15, 0.2) is 0 Å². The van der Waals surface area contributed by atoms with Gasteiger partial charge in [0.2, 0.25) is 5.82 Å². The number of H-pyrrole nitrogens is 1. The van der Waals surface area contributed by atoms with Crippen LogP contribution in [0.2, 0.25) is 0 Å². The molecule has 0 aliphatic carbocycles. The largest absolute Gasteiger partial charge is 0.308 e. The van der Waals surface area contributed by atoms with Crippen LogP contribution in [0.3, 0.4) is 0 Å². The Morgan fingerprint density at radius 3 is 3.00 bits per heavy atom. The van der Waals surface area contributed by atoms with Crippen LogP contribution < -0.4 is 10.2 Å². The minimum Gasteiger partial charge on any atom is -0.308 e. The van der Waals surface area contributed by atoms with Crippen molar-refractivity contribution in [1.29, 1.82) is 0 Å². The van der Waals surface area contributed by atoms with Crippen molar-refractivity contribution in [1.82, 2.24) is 20.5 Å². The number of rotatable bonds is 2. The number of hydrogen-bond acceptors (Lipinski definition) is 4. The van der Waals surface area contributed by atoms with Crippen molar-refractivity contribution < 1.29 is 4.79 Å². The summed E-state index contributed by atoms with van der Waals surface area (Å²) in [5, 5.41) is 10.3. The molecule has 1 atom stereocenters. The van der Waals surface area contributed by atoms with Crippen LogP contribution in [0.1, 0.15) is 35.9 Å². The van der Waals surface area contributed by atoms with Gasteiger partial charge < -0.3 is 10.2 Å². The van der Waals surface area contributed by atoms with Crippen LogP contribution in [0.15, 0.2) is 24.3 Å². The third-order valence-corrected chi connectivity index (χ3v) is 3.68. The summed E-state index contributed by atoms with van der Waals surface area (Å²) in [5.41, 5.74) is 2.05. The molecule has 0 bridgehead atoms. The Hall–Kier alpha value is -2.21. The maximum atomic E-state index is 12.7. The molecule has 1 aromatic heterocycles. The molecule has 0 saturated carbocycles. The Labute approximate surface area is 123 Å². The first-order chi connectivity index (χ1) is 10.2. The van der Waals surface area contributed by atoms with Crippen LogP contribution in [0.25, 0.3) is 0 Å². The van der Waals surface area contributed by atoms with E-state index in [-0.39, 0.29) is 17.8 Å². The van der Waals surface area contributed by atoms with Gasteiger partial charge in [-0.25, -0.2) is 4.98 Å². The van der Waals surface area contributed by atoms with E-state index in [1.807, 2.05) is 31.2 Å². The van der Waals surface area contributed by atoms with E-state index in [2.05, 4.69) is 27.4 Å². The summed E-state index contributed by atoms with van der Waals surface area (Å²) < 4.78 is 0. The molecule has 1 aliphatic rings. The van der Waals surface area contributed by atoms with E-state index in [1.165, 1.54) is 0 Å². The van der Waals surface area contributed by atoms with Crippen molar-refractivity contribution in [3.63, 3.8) is 0 Å². The van der Waals surface area contributed by atoms with Gasteiger partial charge in [-0.15, -0.1) is 5.10 Å². The average Bonchev–Trinajstić information content (AvgIpc) is 2.92. The third kappa shape index (κ3) is 2.67. The minimum atomic E-state index is -0.158. The number of benzene rings is 1. The van der Waals surface area contributed by atoms with E-state index in [0.29, 0.717) is 6.54 Å². The average molecular weight is 285 g/mol. The summed E-state index contributed by atoms with van der Waals surface area (Å²) in [7, 11) is 0. The summed E-state index contributed by atoms with van der Waals surface area (Å²) in [6.45, 7) is 5.41. The third-order valence-electron chi connectivity index (χ3n) is 3.68. The molecule has 0 saturated heterocycles. The maximum Gasteiger partial charge on any atom is 0.297 e. The van der Waals surface area contributed by atoms with Crippen LogP contribution in [0.5, 0.6) is 0 Å². The Morgan fingerprint density at radius 2 is 2.24 bits per heavy atom. The number of fused-ring (bicyclic) bond motifs is 1. The minimum absolute atomic E-state index is 0.158. The first-order valence-electron chi connectivity index (χ1n) is 7.23. The predicted octanol–water partition coefficient (Wildman–Crippen LogP) is 1.51. The van der Waals surface area contributed by atoms with E-state index in [0.717, 1.165) is 30.0 Å². The normalized spacial score (nSPS) is 18.2. The van der Waals surface area contributed by atoms with Gasteiger partial charge in [0, 0.05) is 31.2 Å². The first kappa shape index (κ1) is 13.8. The monoisotopic (exact) mass is 285 g/mol. The summed E-state index contributed by atoms with van der Waals surface area (Å²) in [4.78, 5) is 18.8. The van der Waals surface area contributed by atoms with Crippen LogP contribution in [0, 0.1) is 0 Å². The van der Waals surface area contributed by atoms with Gasteiger partial charge in [0.1, 0.15) is 5.82 Å². The van der Waals surface area contributed by atoms with Gasteiger partial charge in [0.25, 0.3) is 5.91 Å². The standard InChI is InChI=1S/C15H19N5O/c1-3-13-17-14(19-18-13)15(21)20-9-10(2)16-8-11-6-4-5-7-12(11)20/h4-7,10,16H,3,8-9H2,1-2H3,(H,17,18,19). The van der Waals surface area contributed by atoms with E-state index in [9.17, 15) is 4.79 Å². The van der Waals surface area contributed by atoms with Gasteiger partial charge in [-0.05, 0) is 18.6 Å². The number of nitrogens with one attached hydrogen (secondary N) is 2. The molecular weight excluding hydrogens is 266 g/mol. The molecule has 21 heavy (non-hydrogen) atoms. The highest BCUT2D eigenvalue weighted by Gasteiger charge is 2.27. The summed E-state index contributed by atoms with van der Waals surface area (Å²) in [5.74, 6) is 0.803. The van der Waals surface area contributed by atoms with E-state index in [4.69, 9.17) is 0 Å². The van der Waals surface area contributed by atoms with E-state index in [1.54, 1.807) is 4.90 Å². The molecule has 0 spiro atoms. The lowest BCUT2D eigenvalue weighted by molar-refractivity contribution is 0.0975. The molecule has 6 nitrogen and oxygen atoms in total. The van der Waals surface area contributed by atoms with E-state index >= 15 is 0 Å². The first-order valence-corrected chi connectivity index (χ1v) is 7.23. The smallest absolute Gasteiger partial charge is 0.297 e. The van der Waals surface area contributed by atoms with E-state index < -0.39 is 0 Å². The molecular formula is C15H19N5O. The van der Waals surface area contributed by atoms with Gasteiger partial charge in [-0.3, -0.25) is 9.89 Å². The second-order valence-electron chi connectivity index (χ2n) is 5.29. The van der Waals surface area contributed by atoms with Crippen LogP contribution >= 0.6 is 0 Å². The lowest BCUT2D eigenvalue weighted by atomic mass is 10.1. The quantitative estimate of drug-likeness (QED) is 0.877. The fourth-order valence-electron chi connectivity index (χ4n) is 2.51. The van der Waals surface area contributed by atoms with Crippen molar-refractivity contribution >= 4 is 11.6 Å². The lowest BCUT2D eigenvalue weighted by Gasteiger charge is -2.23. The molecule has 6 heteroatoms. The number of para-hydroxylation sites is 1. The van der Waals surface area contributed by atoms with Crippen molar-refractivity contribution in [2.24, 2.45) is 0 Å². The number of aromatic nitrogens is 3. The summed E-state index contributed by atoms with van der Waals surface area (Å²) in [6.07, 6.45) is 0.731. The number of aromatic amines is 1. The molecule has 1 amide bonds. The lowest BCUT2D eigenvalue weighted by Crippen LogP contribution is -2.40. The fourth-order valence-corrected chi connectivity index (χ4v) is 2.51. The summed E-state index contributed by atoms with van der Waals surface area (Å²) in [6, 6.07) is 8.16. The molecule has 2 heterocycles. The number of nitrogens with zero attached hydrogens (tertiary/aromatic N) is 3. The molecule has 2 aromatic rings. The zero-order valence-electron chi connectivity index (χ0n) is 12.3. The SMILES string of the molecule is CCc1nc(C(=O)N2CC(C)NCc3ccccc32)n[nH]1. The Kier molecular flexibility index (Phi) is 3.70. The number of amides is 1. The maximum absolute atomic E-state index is 12.7. The Morgan fingerprint density at radius 1 is 1.43 bits per heavy atom. The predicted molar refractivity (Wildman–Crippen MR) is 80.2 cm³/mol. The molecule has 110 valence electrons. The topological polar surface area (TPSA) is 73.9 Å². The van der Waals surface area contributed by atoms with Crippen LogP contribution in [-0.4, -0.2) is 33.7 Å². The molecule has 0 fully saturated rings. The van der Waals surface area contributed by atoms with Crippen molar-refractivity contribution in [3.8, 4) is 0 Å². The molecule has 2 N–H and O–H groups in total. The highest BCUT2D eigenvalue weighted by Crippen LogP contribution is 2.24.